The Morgan fingerprint density at radius 2 is 1.86 bits per heavy atom. The third-order valence-corrected chi connectivity index (χ3v) is 1.49. The van der Waals surface area contributed by atoms with Crippen LogP contribution in [-0.4, -0.2) is 33.4 Å². The van der Waals surface area contributed by atoms with Gasteiger partial charge in [-0.15, -0.1) is 6.42 Å². The SMILES string of the molecule is C#CCN(C)Cc1nc(N)nc(N)n1. The standard InChI is InChI=1S/C8H12N6/c1-3-4-14(2)5-6-11-7(9)13-8(10)12-6/h1H,4-5H2,2H3,(H4,9,10,11,12,13). The van der Waals surface area contributed by atoms with Crippen LogP contribution >= 0.6 is 0 Å². The zero-order chi connectivity index (χ0) is 10.6. The number of terminal acetylenes is 1. The van der Waals surface area contributed by atoms with Crippen LogP contribution in [0.15, 0.2) is 0 Å². The number of hydrogen-bond acceptors (Lipinski definition) is 6. The first kappa shape index (κ1) is 10.2. The number of nitrogens with zero attached hydrogens (tertiary/aromatic N) is 4. The Morgan fingerprint density at radius 1 is 1.29 bits per heavy atom. The highest BCUT2D eigenvalue weighted by Crippen LogP contribution is 2.00. The van der Waals surface area contributed by atoms with Gasteiger partial charge in [0.25, 0.3) is 0 Å². The van der Waals surface area contributed by atoms with E-state index in [9.17, 15) is 0 Å². The molecule has 0 aliphatic carbocycles. The summed E-state index contributed by atoms with van der Waals surface area (Å²) >= 11 is 0. The number of nitrogen functional groups attached to an aromatic ring is 2. The van der Waals surface area contributed by atoms with Crippen molar-refractivity contribution in [1.82, 2.24) is 19.9 Å². The van der Waals surface area contributed by atoms with Crippen molar-refractivity contribution >= 4 is 11.9 Å². The van der Waals surface area contributed by atoms with Crippen molar-refractivity contribution < 1.29 is 0 Å². The van der Waals surface area contributed by atoms with Crippen LogP contribution in [0.1, 0.15) is 5.82 Å². The van der Waals surface area contributed by atoms with E-state index in [1.165, 1.54) is 0 Å². The lowest BCUT2D eigenvalue weighted by Gasteiger charge is -2.11. The van der Waals surface area contributed by atoms with Crippen LogP contribution in [0.2, 0.25) is 0 Å². The number of nitrogens with two attached hydrogens (primary N) is 2. The summed E-state index contributed by atoms with van der Waals surface area (Å²) in [4.78, 5) is 13.4. The van der Waals surface area contributed by atoms with Gasteiger partial charge in [-0.05, 0) is 7.05 Å². The average Bonchev–Trinajstić information content (AvgIpc) is 2.01. The van der Waals surface area contributed by atoms with E-state index in [-0.39, 0.29) is 11.9 Å². The molecule has 74 valence electrons. The molecule has 1 aromatic heterocycles. The molecule has 0 saturated carbocycles. The molecule has 6 nitrogen and oxygen atoms in total. The number of aromatic nitrogens is 3. The molecule has 0 bridgehead atoms. The van der Waals surface area contributed by atoms with Crippen LogP contribution in [0.5, 0.6) is 0 Å². The second kappa shape index (κ2) is 4.39. The van der Waals surface area contributed by atoms with Gasteiger partial charge in [-0.25, -0.2) is 0 Å². The molecule has 0 fully saturated rings. The fourth-order valence-corrected chi connectivity index (χ4v) is 0.981. The lowest BCUT2D eigenvalue weighted by Crippen LogP contribution is -2.20. The Kier molecular flexibility index (Phi) is 3.20. The maximum absolute atomic E-state index is 5.41. The van der Waals surface area contributed by atoms with Crippen molar-refractivity contribution in [2.45, 2.75) is 6.54 Å². The molecular weight excluding hydrogens is 180 g/mol. The Labute approximate surface area is 82.4 Å². The molecular formula is C8H12N6. The Balaban J connectivity index is 2.72. The Bertz CT molecular complexity index is 335. The highest BCUT2D eigenvalue weighted by Gasteiger charge is 2.04. The molecule has 1 aromatic rings. The largest absolute Gasteiger partial charge is 0.368 e. The molecule has 0 radical (unpaired) electrons. The summed E-state index contributed by atoms with van der Waals surface area (Å²) in [5.74, 6) is 3.28. The summed E-state index contributed by atoms with van der Waals surface area (Å²) in [6, 6.07) is 0. The van der Waals surface area contributed by atoms with Gasteiger partial charge in [0.2, 0.25) is 11.9 Å². The first-order valence-electron chi connectivity index (χ1n) is 3.99. The summed E-state index contributed by atoms with van der Waals surface area (Å²) in [6.45, 7) is 1.02. The van der Waals surface area contributed by atoms with Gasteiger partial charge in [-0.2, -0.15) is 15.0 Å². The quantitative estimate of drug-likeness (QED) is 0.603. The highest BCUT2D eigenvalue weighted by atomic mass is 15.2. The fraction of sp³-hybridized carbons (Fsp3) is 0.375. The van der Waals surface area contributed by atoms with E-state index >= 15 is 0 Å². The van der Waals surface area contributed by atoms with Crippen LogP contribution in [0.4, 0.5) is 11.9 Å². The number of rotatable bonds is 3. The van der Waals surface area contributed by atoms with Gasteiger partial charge in [-0.1, -0.05) is 5.92 Å². The summed E-state index contributed by atoms with van der Waals surface area (Å²) in [5.41, 5.74) is 10.8. The maximum atomic E-state index is 5.41. The van der Waals surface area contributed by atoms with Crippen molar-refractivity contribution in [2.75, 3.05) is 25.1 Å². The molecule has 6 heteroatoms. The summed E-state index contributed by atoms with van der Waals surface area (Å²) in [7, 11) is 1.86. The number of hydrogen-bond donors (Lipinski definition) is 2. The summed E-state index contributed by atoms with van der Waals surface area (Å²) in [5, 5.41) is 0. The van der Waals surface area contributed by atoms with E-state index < -0.39 is 0 Å². The topological polar surface area (TPSA) is 94.0 Å². The van der Waals surface area contributed by atoms with Gasteiger partial charge in [0.15, 0.2) is 0 Å². The average molecular weight is 192 g/mol. The second-order valence-electron chi connectivity index (χ2n) is 2.84. The molecule has 0 unspecified atom stereocenters. The minimum Gasteiger partial charge on any atom is -0.368 e. The molecule has 14 heavy (non-hydrogen) atoms. The molecule has 4 N–H and O–H groups in total. The maximum Gasteiger partial charge on any atom is 0.225 e. The first-order chi connectivity index (χ1) is 6.61. The zero-order valence-corrected chi connectivity index (χ0v) is 7.94. The van der Waals surface area contributed by atoms with Gasteiger partial charge in [-0.3, -0.25) is 4.90 Å². The number of anilines is 2. The van der Waals surface area contributed by atoms with E-state index in [1.54, 1.807) is 0 Å². The zero-order valence-electron chi connectivity index (χ0n) is 7.94. The summed E-state index contributed by atoms with van der Waals surface area (Å²) in [6.07, 6.45) is 5.15. The van der Waals surface area contributed by atoms with Gasteiger partial charge in [0.1, 0.15) is 5.82 Å². The molecule has 0 spiro atoms. The van der Waals surface area contributed by atoms with E-state index in [0.29, 0.717) is 18.9 Å². The Hall–Kier alpha value is -1.87. The minimum absolute atomic E-state index is 0.126. The smallest absolute Gasteiger partial charge is 0.225 e. The third-order valence-electron chi connectivity index (χ3n) is 1.49. The molecule has 0 aliphatic rings. The molecule has 0 atom stereocenters. The molecule has 0 aliphatic heterocycles. The second-order valence-corrected chi connectivity index (χ2v) is 2.84. The van der Waals surface area contributed by atoms with Gasteiger partial charge in [0.05, 0.1) is 13.1 Å². The van der Waals surface area contributed by atoms with Crippen molar-refractivity contribution in [3.05, 3.63) is 5.82 Å². The van der Waals surface area contributed by atoms with Crippen molar-refractivity contribution in [3.63, 3.8) is 0 Å². The molecule has 0 saturated heterocycles. The van der Waals surface area contributed by atoms with E-state index in [1.807, 2.05) is 11.9 Å². The van der Waals surface area contributed by atoms with E-state index in [2.05, 4.69) is 20.9 Å². The van der Waals surface area contributed by atoms with Crippen LogP contribution < -0.4 is 11.5 Å². The fourth-order valence-electron chi connectivity index (χ4n) is 0.981. The predicted molar refractivity (Wildman–Crippen MR) is 53.8 cm³/mol. The van der Waals surface area contributed by atoms with Crippen LogP contribution in [-0.2, 0) is 6.54 Å². The lowest BCUT2D eigenvalue weighted by atomic mass is 10.5. The minimum atomic E-state index is 0.126. The van der Waals surface area contributed by atoms with E-state index in [0.717, 1.165) is 0 Å². The van der Waals surface area contributed by atoms with Gasteiger partial charge < -0.3 is 11.5 Å². The summed E-state index contributed by atoms with van der Waals surface area (Å²) < 4.78 is 0. The normalized spacial score (nSPS) is 10.1. The van der Waals surface area contributed by atoms with Gasteiger partial charge in [0, 0.05) is 0 Å². The lowest BCUT2D eigenvalue weighted by molar-refractivity contribution is 0.358. The third kappa shape index (κ3) is 2.88. The molecule has 0 amide bonds. The van der Waals surface area contributed by atoms with Crippen molar-refractivity contribution in [2.24, 2.45) is 0 Å². The predicted octanol–water partition coefficient (Wildman–Crippen LogP) is -0.899. The molecule has 1 heterocycles. The van der Waals surface area contributed by atoms with E-state index in [4.69, 9.17) is 17.9 Å². The van der Waals surface area contributed by atoms with Crippen LogP contribution in [0, 0.1) is 12.3 Å². The first-order valence-corrected chi connectivity index (χ1v) is 3.99. The van der Waals surface area contributed by atoms with Crippen molar-refractivity contribution in [1.29, 1.82) is 0 Å². The van der Waals surface area contributed by atoms with Gasteiger partial charge >= 0.3 is 0 Å². The molecule has 0 aromatic carbocycles. The van der Waals surface area contributed by atoms with Crippen LogP contribution in [0.3, 0.4) is 0 Å². The molecule has 1 rings (SSSR count). The van der Waals surface area contributed by atoms with Crippen LogP contribution in [0.25, 0.3) is 0 Å². The monoisotopic (exact) mass is 192 g/mol. The van der Waals surface area contributed by atoms with Crippen molar-refractivity contribution in [3.8, 4) is 12.3 Å². The Morgan fingerprint density at radius 3 is 2.36 bits per heavy atom. The highest BCUT2D eigenvalue weighted by molar-refractivity contribution is 5.25.